The number of hydrogen-bond acceptors (Lipinski definition) is 5. The minimum Gasteiger partial charge on any atom is -0.496 e. The quantitative estimate of drug-likeness (QED) is 0.914. The second kappa shape index (κ2) is 5.18. The van der Waals surface area contributed by atoms with Gasteiger partial charge in [-0.15, -0.1) is 0 Å². The third-order valence-electron chi connectivity index (χ3n) is 4.38. The van der Waals surface area contributed by atoms with Gasteiger partial charge >= 0.3 is 0 Å². The SMILES string of the molecule is COc1cc2c(cc1C(N)C1CCS(=O)(=O)C1)OC(C)C2. The summed E-state index contributed by atoms with van der Waals surface area (Å²) in [7, 11) is -1.33. The maximum absolute atomic E-state index is 11.6. The molecule has 0 saturated carbocycles. The number of sulfone groups is 1. The summed E-state index contributed by atoms with van der Waals surface area (Å²) in [5.74, 6) is 1.90. The Morgan fingerprint density at radius 3 is 2.81 bits per heavy atom. The van der Waals surface area contributed by atoms with Gasteiger partial charge in [0.15, 0.2) is 9.84 Å². The lowest BCUT2D eigenvalue weighted by Crippen LogP contribution is -2.23. The van der Waals surface area contributed by atoms with E-state index < -0.39 is 9.84 Å². The summed E-state index contributed by atoms with van der Waals surface area (Å²) in [5.41, 5.74) is 8.29. The molecular formula is C15H21NO4S. The monoisotopic (exact) mass is 311 g/mol. The molecule has 2 N–H and O–H groups in total. The highest BCUT2D eigenvalue weighted by molar-refractivity contribution is 7.91. The summed E-state index contributed by atoms with van der Waals surface area (Å²) in [6.07, 6.45) is 1.63. The predicted molar refractivity (Wildman–Crippen MR) is 80.5 cm³/mol. The molecule has 0 radical (unpaired) electrons. The molecule has 6 heteroatoms. The smallest absolute Gasteiger partial charge is 0.150 e. The molecule has 2 aliphatic heterocycles. The van der Waals surface area contributed by atoms with Crippen LogP contribution in [0.3, 0.4) is 0 Å². The van der Waals surface area contributed by atoms with E-state index in [0.29, 0.717) is 6.42 Å². The highest BCUT2D eigenvalue weighted by Gasteiger charge is 2.34. The van der Waals surface area contributed by atoms with Crippen LogP contribution < -0.4 is 15.2 Å². The van der Waals surface area contributed by atoms with E-state index in [9.17, 15) is 8.42 Å². The topological polar surface area (TPSA) is 78.6 Å². The van der Waals surface area contributed by atoms with E-state index in [4.69, 9.17) is 15.2 Å². The van der Waals surface area contributed by atoms with Crippen molar-refractivity contribution in [1.29, 1.82) is 0 Å². The van der Waals surface area contributed by atoms with E-state index in [1.807, 2.05) is 19.1 Å². The molecule has 0 amide bonds. The first-order valence-corrected chi connectivity index (χ1v) is 9.05. The summed E-state index contributed by atoms with van der Waals surface area (Å²) >= 11 is 0. The molecule has 1 aromatic carbocycles. The Morgan fingerprint density at radius 1 is 1.43 bits per heavy atom. The van der Waals surface area contributed by atoms with Crippen LogP contribution in [0.25, 0.3) is 0 Å². The normalized spacial score (nSPS) is 28.0. The third kappa shape index (κ3) is 2.74. The van der Waals surface area contributed by atoms with Crippen LogP contribution in [0, 0.1) is 5.92 Å². The number of fused-ring (bicyclic) bond motifs is 1. The van der Waals surface area contributed by atoms with Crippen LogP contribution >= 0.6 is 0 Å². The van der Waals surface area contributed by atoms with Crippen LogP contribution in [0.5, 0.6) is 11.5 Å². The van der Waals surface area contributed by atoms with Crippen LogP contribution in [0.1, 0.15) is 30.5 Å². The third-order valence-corrected chi connectivity index (χ3v) is 6.18. The Morgan fingerprint density at radius 2 is 2.19 bits per heavy atom. The van der Waals surface area contributed by atoms with Crippen LogP contribution in [0.15, 0.2) is 12.1 Å². The second-order valence-electron chi connectivity index (χ2n) is 6.02. The average molecular weight is 311 g/mol. The van der Waals surface area contributed by atoms with Gasteiger partial charge in [-0.2, -0.15) is 0 Å². The van der Waals surface area contributed by atoms with E-state index >= 15 is 0 Å². The van der Waals surface area contributed by atoms with Gasteiger partial charge in [0.25, 0.3) is 0 Å². The standard InChI is InChI=1S/C15H21NO4S/c1-9-5-11-6-14(19-2)12(7-13(11)20-9)15(16)10-3-4-21(17,18)8-10/h6-7,9-10,15H,3-5,8,16H2,1-2H3. The van der Waals surface area contributed by atoms with Crippen molar-refractivity contribution < 1.29 is 17.9 Å². The Balaban J connectivity index is 1.93. The average Bonchev–Trinajstić information content (AvgIpc) is 2.97. The lowest BCUT2D eigenvalue weighted by molar-refractivity contribution is 0.254. The van der Waals surface area contributed by atoms with E-state index in [-0.39, 0.29) is 29.6 Å². The number of benzene rings is 1. The minimum absolute atomic E-state index is 0.0548. The zero-order valence-corrected chi connectivity index (χ0v) is 13.2. The summed E-state index contributed by atoms with van der Waals surface area (Å²) < 4.78 is 34.5. The highest BCUT2D eigenvalue weighted by atomic mass is 32.2. The van der Waals surface area contributed by atoms with E-state index in [0.717, 1.165) is 29.0 Å². The molecule has 21 heavy (non-hydrogen) atoms. The van der Waals surface area contributed by atoms with E-state index in [1.165, 1.54) is 0 Å². The molecule has 116 valence electrons. The predicted octanol–water partition coefficient (Wildman–Crippen LogP) is 1.45. The fourth-order valence-electron chi connectivity index (χ4n) is 3.25. The number of ether oxygens (including phenoxy) is 2. The fraction of sp³-hybridized carbons (Fsp3) is 0.600. The van der Waals surface area contributed by atoms with Crippen molar-refractivity contribution in [2.45, 2.75) is 31.9 Å². The lowest BCUT2D eigenvalue weighted by atomic mass is 9.91. The maximum Gasteiger partial charge on any atom is 0.150 e. The molecule has 0 spiro atoms. The molecular weight excluding hydrogens is 290 g/mol. The van der Waals surface area contributed by atoms with Gasteiger partial charge in [-0.3, -0.25) is 0 Å². The van der Waals surface area contributed by atoms with Crippen molar-refractivity contribution in [3.8, 4) is 11.5 Å². The molecule has 3 rings (SSSR count). The van der Waals surface area contributed by atoms with E-state index in [1.54, 1.807) is 7.11 Å². The zero-order valence-electron chi connectivity index (χ0n) is 12.3. The summed E-state index contributed by atoms with van der Waals surface area (Å²) in [6, 6.07) is 3.55. The second-order valence-corrected chi connectivity index (χ2v) is 8.25. The molecule has 5 nitrogen and oxygen atoms in total. The number of methoxy groups -OCH3 is 1. The van der Waals surface area contributed by atoms with Crippen molar-refractivity contribution >= 4 is 9.84 Å². The lowest BCUT2D eigenvalue weighted by Gasteiger charge is -2.21. The zero-order chi connectivity index (χ0) is 15.2. The first-order valence-electron chi connectivity index (χ1n) is 7.23. The number of nitrogens with two attached hydrogens (primary N) is 1. The molecule has 3 unspecified atom stereocenters. The molecule has 1 fully saturated rings. The van der Waals surface area contributed by atoms with E-state index in [2.05, 4.69) is 0 Å². The Hall–Kier alpha value is -1.27. The fourth-order valence-corrected chi connectivity index (χ4v) is 5.11. The van der Waals surface area contributed by atoms with Crippen molar-refractivity contribution in [2.24, 2.45) is 11.7 Å². The van der Waals surface area contributed by atoms with Crippen molar-refractivity contribution in [3.63, 3.8) is 0 Å². The molecule has 0 aliphatic carbocycles. The summed E-state index contributed by atoms with van der Waals surface area (Å²) in [4.78, 5) is 0. The Bertz CT molecular complexity index is 656. The highest BCUT2D eigenvalue weighted by Crippen LogP contribution is 2.40. The molecule has 2 heterocycles. The van der Waals surface area contributed by atoms with Crippen LogP contribution in [0.4, 0.5) is 0 Å². The molecule has 3 atom stereocenters. The molecule has 0 aromatic heterocycles. The van der Waals surface area contributed by atoms with Gasteiger partial charge < -0.3 is 15.2 Å². The van der Waals surface area contributed by atoms with Gasteiger partial charge in [0.05, 0.1) is 18.6 Å². The molecule has 1 aromatic rings. The van der Waals surface area contributed by atoms with Gasteiger partial charge in [0.1, 0.15) is 17.6 Å². The van der Waals surface area contributed by atoms with Crippen LogP contribution in [0.2, 0.25) is 0 Å². The number of rotatable bonds is 3. The Kier molecular flexibility index (Phi) is 3.61. The van der Waals surface area contributed by atoms with Gasteiger partial charge in [-0.05, 0) is 31.4 Å². The first kappa shape index (κ1) is 14.7. The minimum atomic E-state index is -2.94. The molecule has 1 saturated heterocycles. The van der Waals surface area contributed by atoms with Gasteiger partial charge in [-0.1, -0.05) is 0 Å². The Labute approximate surface area is 125 Å². The van der Waals surface area contributed by atoms with Crippen molar-refractivity contribution in [1.82, 2.24) is 0 Å². The maximum atomic E-state index is 11.6. The van der Waals surface area contributed by atoms with Crippen LogP contribution in [-0.4, -0.2) is 33.1 Å². The van der Waals surface area contributed by atoms with Gasteiger partial charge in [-0.25, -0.2) is 8.42 Å². The molecule has 2 aliphatic rings. The first-order chi connectivity index (χ1) is 9.89. The largest absolute Gasteiger partial charge is 0.496 e. The summed E-state index contributed by atoms with van der Waals surface area (Å²) in [6.45, 7) is 2.02. The van der Waals surface area contributed by atoms with Crippen molar-refractivity contribution in [2.75, 3.05) is 18.6 Å². The summed E-state index contributed by atoms with van der Waals surface area (Å²) in [5, 5.41) is 0. The van der Waals surface area contributed by atoms with Crippen LogP contribution in [-0.2, 0) is 16.3 Å². The van der Waals surface area contributed by atoms with Gasteiger partial charge in [0, 0.05) is 23.6 Å². The molecule has 0 bridgehead atoms. The number of hydrogen-bond donors (Lipinski definition) is 1. The van der Waals surface area contributed by atoms with Gasteiger partial charge in [0.2, 0.25) is 0 Å². The van der Waals surface area contributed by atoms with Crippen molar-refractivity contribution in [3.05, 3.63) is 23.3 Å².